The number of rotatable bonds is 4. The molecule has 1 aromatic rings. The zero-order valence-electron chi connectivity index (χ0n) is 9.91. The molecule has 0 radical (unpaired) electrons. The number of carboxylic acid groups (broad SMARTS) is 1. The van der Waals surface area contributed by atoms with Crippen LogP contribution < -0.4 is 5.32 Å². The maximum atomic E-state index is 11.9. The van der Waals surface area contributed by atoms with Gasteiger partial charge in [-0.15, -0.1) is 0 Å². The van der Waals surface area contributed by atoms with Crippen molar-refractivity contribution in [1.29, 1.82) is 0 Å². The molecule has 0 fully saturated rings. The van der Waals surface area contributed by atoms with E-state index in [4.69, 9.17) is 5.11 Å². The first kappa shape index (κ1) is 15.4. The lowest BCUT2D eigenvalue weighted by atomic mass is 9.95. The van der Waals surface area contributed by atoms with Crippen LogP contribution in [0.5, 0.6) is 0 Å². The van der Waals surface area contributed by atoms with E-state index in [1.807, 2.05) is 12.1 Å². The minimum atomic E-state index is -0.971. The monoisotopic (exact) mass is 425 g/mol. The molecule has 0 saturated carbocycles. The Bertz CT molecular complexity index is 478. The van der Waals surface area contributed by atoms with Crippen molar-refractivity contribution in [1.82, 2.24) is 0 Å². The maximum absolute atomic E-state index is 11.9. The van der Waals surface area contributed by atoms with E-state index in [2.05, 4.69) is 43.8 Å². The molecule has 0 aliphatic rings. The first-order chi connectivity index (χ1) is 8.32. The Kier molecular flexibility index (Phi) is 5.58. The Hall–Kier alpha value is -0.630. The highest BCUT2D eigenvalue weighted by atomic mass is 127. The van der Waals surface area contributed by atoms with E-state index < -0.39 is 17.8 Å². The van der Waals surface area contributed by atoms with Crippen LogP contribution in [0.1, 0.15) is 13.8 Å². The van der Waals surface area contributed by atoms with Crippen LogP contribution in [0.2, 0.25) is 0 Å². The molecule has 1 amide bonds. The van der Waals surface area contributed by atoms with Crippen molar-refractivity contribution in [3.05, 3.63) is 26.2 Å². The number of carbonyl (C=O) groups is 2. The summed E-state index contributed by atoms with van der Waals surface area (Å²) in [7, 11) is 0. The first-order valence-electron chi connectivity index (χ1n) is 5.31. The molecule has 0 saturated heterocycles. The van der Waals surface area contributed by atoms with Crippen molar-refractivity contribution in [2.75, 3.05) is 5.32 Å². The number of hydrogen-bond acceptors (Lipinski definition) is 2. The normalized spacial score (nSPS) is 13.8. The second-order valence-electron chi connectivity index (χ2n) is 4.03. The molecule has 0 aromatic heterocycles. The van der Waals surface area contributed by atoms with Gasteiger partial charge in [0.05, 0.1) is 11.6 Å². The van der Waals surface area contributed by atoms with Crippen LogP contribution in [0.25, 0.3) is 0 Å². The second kappa shape index (κ2) is 6.51. The second-order valence-corrected chi connectivity index (χ2v) is 6.11. The number of benzene rings is 1. The molecule has 0 heterocycles. The molecule has 0 aliphatic heterocycles. The molecule has 6 heteroatoms. The van der Waals surface area contributed by atoms with E-state index in [9.17, 15) is 9.59 Å². The summed E-state index contributed by atoms with van der Waals surface area (Å²) >= 11 is 5.44. The van der Waals surface area contributed by atoms with Crippen LogP contribution in [0, 0.1) is 15.4 Å². The summed E-state index contributed by atoms with van der Waals surface area (Å²) < 4.78 is 1.76. The van der Waals surface area contributed by atoms with Crippen LogP contribution in [0.15, 0.2) is 22.7 Å². The van der Waals surface area contributed by atoms with E-state index in [-0.39, 0.29) is 5.91 Å². The van der Waals surface area contributed by atoms with Gasteiger partial charge in [-0.1, -0.05) is 29.8 Å². The average Bonchev–Trinajstić information content (AvgIpc) is 2.31. The van der Waals surface area contributed by atoms with Gasteiger partial charge in [0.1, 0.15) is 0 Å². The minimum absolute atomic E-state index is 0.291. The zero-order valence-corrected chi connectivity index (χ0v) is 13.6. The zero-order chi connectivity index (χ0) is 13.9. The van der Waals surface area contributed by atoms with Gasteiger partial charge in [-0.2, -0.15) is 0 Å². The van der Waals surface area contributed by atoms with Crippen molar-refractivity contribution in [3.63, 3.8) is 0 Å². The smallest absolute Gasteiger partial charge is 0.307 e. The van der Waals surface area contributed by atoms with Gasteiger partial charge >= 0.3 is 5.97 Å². The average molecular weight is 426 g/mol. The third kappa shape index (κ3) is 3.94. The fourth-order valence-corrected chi connectivity index (χ4v) is 2.11. The maximum Gasteiger partial charge on any atom is 0.307 e. The topological polar surface area (TPSA) is 66.4 Å². The largest absolute Gasteiger partial charge is 0.481 e. The Morgan fingerprint density at radius 2 is 1.94 bits per heavy atom. The van der Waals surface area contributed by atoms with E-state index in [1.54, 1.807) is 13.0 Å². The summed E-state index contributed by atoms with van der Waals surface area (Å²) in [5.41, 5.74) is 0.680. The van der Waals surface area contributed by atoms with Crippen LogP contribution in [-0.2, 0) is 9.59 Å². The highest BCUT2D eigenvalue weighted by Gasteiger charge is 2.26. The Labute approximate surface area is 127 Å². The number of anilines is 1. The summed E-state index contributed by atoms with van der Waals surface area (Å²) in [6.45, 7) is 3.14. The third-order valence-electron chi connectivity index (χ3n) is 2.74. The molecule has 98 valence electrons. The lowest BCUT2D eigenvalue weighted by Crippen LogP contribution is -2.30. The summed E-state index contributed by atoms with van der Waals surface area (Å²) in [5.74, 6) is -2.56. The minimum Gasteiger partial charge on any atom is -0.481 e. The van der Waals surface area contributed by atoms with Gasteiger partial charge in [0.25, 0.3) is 0 Å². The molecule has 2 N–H and O–H groups in total. The fraction of sp³-hybridized carbons (Fsp3) is 0.333. The Balaban J connectivity index is 2.81. The van der Waals surface area contributed by atoms with E-state index in [0.29, 0.717) is 5.69 Å². The summed E-state index contributed by atoms with van der Waals surface area (Å²) in [4.78, 5) is 22.8. The van der Waals surface area contributed by atoms with Crippen molar-refractivity contribution >= 4 is 56.1 Å². The molecule has 0 bridgehead atoms. The van der Waals surface area contributed by atoms with Crippen molar-refractivity contribution < 1.29 is 14.7 Å². The van der Waals surface area contributed by atoms with Gasteiger partial charge in [0.2, 0.25) is 5.91 Å². The standard InChI is InChI=1S/C12H13BrINO3/c1-6(7(2)12(17)18)11(16)15-10-5-8(13)3-4-9(10)14/h3-7H,1-2H3,(H,15,16)(H,17,18). The van der Waals surface area contributed by atoms with Gasteiger partial charge < -0.3 is 10.4 Å². The number of nitrogens with one attached hydrogen (secondary N) is 1. The van der Waals surface area contributed by atoms with Crippen LogP contribution in [0.3, 0.4) is 0 Å². The quantitative estimate of drug-likeness (QED) is 0.727. The number of aliphatic carboxylic acids is 1. The van der Waals surface area contributed by atoms with E-state index in [1.165, 1.54) is 6.92 Å². The van der Waals surface area contributed by atoms with Crippen molar-refractivity contribution in [3.8, 4) is 0 Å². The van der Waals surface area contributed by atoms with Gasteiger partial charge in [0.15, 0.2) is 0 Å². The van der Waals surface area contributed by atoms with Gasteiger partial charge in [-0.05, 0) is 40.8 Å². The molecule has 1 aromatic carbocycles. The van der Waals surface area contributed by atoms with E-state index in [0.717, 1.165) is 8.04 Å². The highest BCUT2D eigenvalue weighted by molar-refractivity contribution is 14.1. The summed E-state index contributed by atoms with van der Waals surface area (Å²) in [5, 5.41) is 11.6. The van der Waals surface area contributed by atoms with Crippen molar-refractivity contribution in [2.24, 2.45) is 11.8 Å². The number of carboxylic acids is 1. The lowest BCUT2D eigenvalue weighted by Gasteiger charge is -2.16. The Morgan fingerprint density at radius 3 is 2.50 bits per heavy atom. The van der Waals surface area contributed by atoms with Crippen LogP contribution in [0.4, 0.5) is 5.69 Å². The molecule has 2 unspecified atom stereocenters. The van der Waals surface area contributed by atoms with E-state index >= 15 is 0 Å². The molecule has 18 heavy (non-hydrogen) atoms. The Morgan fingerprint density at radius 1 is 1.33 bits per heavy atom. The number of amides is 1. The first-order valence-corrected chi connectivity index (χ1v) is 7.18. The predicted octanol–water partition coefficient (Wildman–Crippen LogP) is 3.35. The SMILES string of the molecule is CC(C(=O)O)C(C)C(=O)Nc1cc(Br)ccc1I. The molecule has 1 rings (SSSR count). The third-order valence-corrected chi connectivity index (χ3v) is 4.17. The van der Waals surface area contributed by atoms with Crippen LogP contribution >= 0.6 is 38.5 Å². The molecule has 0 spiro atoms. The van der Waals surface area contributed by atoms with Crippen molar-refractivity contribution in [2.45, 2.75) is 13.8 Å². The summed E-state index contributed by atoms with van der Waals surface area (Å²) in [6.07, 6.45) is 0. The van der Waals surface area contributed by atoms with Crippen LogP contribution in [-0.4, -0.2) is 17.0 Å². The van der Waals surface area contributed by atoms with Gasteiger partial charge in [-0.3, -0.25) is 9.59 Å². The number of halogens is 2. The molecule has 4 nitrogen and oxygen atoms in total. The molecule has 2 atom stereocenters. The number of hydrogen-bond donors (Lipinski definition) is 2. The number of carbonyl (C=O) groups excluding carboxylic acids is 1. The fourth-order valence-electron chi connectivity index (χ4n) is 1.28. The molecular formula is C12H13BrINO3. The van der Waals surface area contributed by atoms with Gasteiger partial charge in [-0.25, -0.2) is 0 Å². The summed E-state index contributed by atoms with van der Waals surface area (Å²) in [6, 6.07) is 5.53. The highest BCUT2D eigenvalue weighted by Crippen LogP contribution is 2.24. The molecular weight excluding hydrogens is 413 g/mol. The lowest BCUT2D eigenvalue weighted by molar-refractivity contribution is -0.145. The van der Waals surface area contributed by atoms with Gasteiger partial charge in [0, 0.05) is 14.0 Å². The predicted molar refractivity (Wildman–Crippen MR) is 81.5 cm³/mol. The molecule has 0 aliphatic carbocycles.